The van der Waals surface area contributed by atoms with Gasteiger partial charge in [0.15, 0.2) is 5.82 Å². The van der Waals surface area contributed by atoms with Crippen molar-refractivity contribution in [3.63, 3.8) is 0 Å². The Bertz CT molecular complexity index is 985. The van der Waals surface area contributed by atoms with Gasteiger partial charge in [-0.05, 0) is 31.7 Å². The molecular formula is C24H34N6O4. The number of carbonyl (C=O) groups excluding carboxylic acids is 3. The van der Waals surface area contributed by atoms with E-state index in [2.05, 4.69) is 22.5 Å². The lowest BCUT2D eigenvalue weighted by molar-refractivity contribution is -0.131. The summed E-state index contributed by atoms with van der Waals surface area (Å²) < 4.78 is 7.31. The molecule has 2 unspecified atom stereocenters. The molecule has 0 radical (unpaired) electrons. The molecule has 0 spiro atoms. The van der Waals surface area contributed by atoms with Crippen LogP contribution in [0.5, 0.6) is 0 Å². The number of hydrogen-bond donors (Lipinski definition) is 3. The number of imidazole rings is 1. The number of nitrogens with two attached hydrogens (primary N) is 1. The first-order chi connectivity index (χ1) is 16.1. The maximum absolute atomic E-state index is 12.9. The number of likely N-dealkylation sites (tertiary alicyclic amines) is 1. The molecule has 0 saturated carbocycles. The summed E-state index contributed by atoms with van der Waals surface area (Å²) in [5, 5.41) is 5.33. The Balaban J connectivity index is 1.58. The Kier molecular flexibility index (Phi) is 8.41. The number of benzene rings is 1. The number of aromatic nitrogens is 2. The van der Waals surface area contributed by atoms with Crippen LogP contribution in [0, 0.1) is 5.92 Å². The van der Waals surface area contributed by atoms with Gasteiger partial charge in [-0.15, -0.1) is 0 Å². The maximum Gasteiger partial charge on any atom is 0.250 e. The van der Waals surface area contributed by atoms with Gasteiger partial charge in [0.25, 0.3) is 5.91 Å². The van der Waals surface area contributed by atoms with Gasteiger partial charge in [-0.25, -0.2) is 4.98 Å². The highest BCUT2D eigenvalue weighted by Gasteiger charge is 2.29. The zero-order valence-corrected chi connectivity index (χ0v) is 20.0. The minimum atomic E-state index is -1.16. The predicted octanol–water partition coefficient (Wildman–Crippen LogP) is 1.13. The molecule has 10 nitrogen and oxygen atoms in total. The molecule has 184 valence electrons. The summed E-state index contributed by atoms with van der Waals surface area (Å²) in [5.41, 5.74) is 5.66. The van der Waals surface area contributed by atoms with Crippen LogP contribution in [-0.4, -0.2) is 63.4 Å². The van der Waals surface area contributed by atoms with E-state index in [-0.39, 0.29) is 24.9 Å². The summed E-state index contributed by atoms with van der Waals surface area (Å²) in [4.78, 5) is 43.8. The van der Waals surface area contributed by atoms with E-state index in [1.165, 1.54) is 6.33 Å². The standard InChI is InChI=1S/C24H34N6O4/c1-17-9-10-30(11-17)21(31)13-29-12-20(26-16-29)28-22(32)19(27-23(33)24(2,3)25)15-34-14-18-7-5-4-6-8-18/h4-8,12,16-17,19H,9-11,13-15,25H2,1-3H3,(H,27,33)(H,28,32). The molecule has 1 saturated heterocycles. The second-order valence-electron chi connectivity index (χ2n) is 9.40. The first-order valence-electron chi connectivity index (χ1n) is 11.4. The number of hydrogen-bond acceptors (Lipinski definition) is 6. The molecule has 0 bridgehead atoms. The van der Waals surface area contributed by atoms with Gasteiger partial charge in [0.1, 0.15) is 12.6 Å². The molecular weight excluding hydrogens is 436 g/mol. The van der Waals surface area contributed by atoms with Gasteiger partial charge in [0, 0.05) is 19.3 Å². The average molecular weight is 471 g/mol. The summed E-state index contributed by atoms with van der Waals surface area (Å²) in [7, 11) is 0. The Labute approximate surface area is 199 Å². The van der Waals surface area contributed by atoms with Crippen LogP contribution >= 0.6 is 0 Å². The van der Waals surface area contributed by atoms with Gasteiger partial charge < -0.3 is 30.6 Å². The van der Waals surface area contributed by atoms with Crippen LogP contribution in [0.3, 0.4) is 0 Å². The molecule has 1 aliphatic heterocycles. The Morgan fingerprint density at radius 3 is 2.65 bits per heavy atom. The van der Waals surface area contributed by atoms with E-state index in [9.17, 15) is 14.4 Å². The molecule has 3 rings (SSSR count). The van der Waals surface area contributed by atoms with Crippen molar-refractivity contribution in [3.8, 4) is 0 Å². The van der Waals surface area contributed by atoms with E-state index in [1.807, 2.05) is 35.2 Å². The third kappa shape index (κ3) is 7.39. The van der Waals surface area contributed by atoms with Crippen molar-refractivity contribution in [3.05, 3.63) is 48.4 Å². The van der Waals surface area contributed by atoms with Gasteiger partial charge in [0.2, 0.25) is 11.8 Å². The lowest BCUT2D eigenvalue weighted by Gasteiger charge is -2.23. The first kappa shape index (κ1) is 25.4. The molecule has 2 aromatic rings. The van der Waals surface area contributed by atoms with Crippen LogP contribution < -0.4 is 16.4 Å². The predicted molar refractivity (Wildman–Crippen MR) is 128 cm³/mol. The van der Waals surface area contributed by atoms with E-state index in [1.54, 1.807) is 24.6 Å². The zero-order chi connectivity index (χ0) is 24.7. The van der Waals surface area contributed by atoms with E-state index in [0.717, 1.165) is 25.1 Å². The van der Waals surface area contributed by atoms with Crippen molar-refractivity contribution in [1.82, 2.24) is 19.8 Å². The third-order valence-electron chi connectivity index (χ3n) is 5.58. The summed E-state index contributed by atoms with van der Waals surface area (Å²) in [5.74, 6) is -0.162. The summed E-state index contributed by atoms with van der Waals surface area (Å²) >= 11 is 0. The molecule has 1 aromatic heterocycles. The highest BCUT2D eigenvalue weighted by atomic mass is 16.5. The van der Waals surface area contributed by atoms with Crippen LogP contribution in [0.2, 0.25) is 0 Å². The fraction of sp³-hybridized carbons (Fsp3) is 0.500. The minimum absolute atomic E-state index is 0.0178. The molecule has 1 aromatic carbocycles. The Hall–Kier alpha value is -3.24. The average Bonchev–Trinajstić information content (AvgIpc) is 3.41. The van der Waals surface area contributed by atoms with Crippen LogP contribution in [0.15, 0.2) is 42.9 Å². The topological polar surface area (TPSA) is 132 Å². The molecule has 2 atom stereocenters. The number of anilines is 1. The fourth-order valence-electron chi connectivity index (χ4n) is 3.54. The van der Waals surface area contributed by atoms with E-state index in [4.69, 9.17) is 10.5 Å². The Morgan fingerprint density at radius 1 is 1.26 bits per heavy atom. The SMILES string of the molecule is CC1CCN(C(=O)Cn2cnc(NC(=O)C(COCc3ccccc3)NC(=O)C(C)(C)N)c2)C1. The van der Waals surface area contributed by atoms with Crippen LogP contribution in [0.25, 0.3) is 0 Å². The molecule has 1 fully saturated rings. The van der Waals surface area contributed by atoms with Crippen molar-refractivity contribution in [2.75, 3.05) is 25.0 Å². The van der Waals surface area contributed by atoms with E-state index < -0.39 is 23.4 Å². The van der Waals surface area contributed by atoms with Crippen molar-refractivity contribution in [2.45, 2.75) is 51.9 Å². The number of carbonyl (C=O) groups is 3. The fourth-order valence-corrected chi connectivity index (χ4v) is 3.54. The second-order valence-corrected chi connectivity index (χ2v) is 9.40. The van der Waals surface area contributed by atoms with Crippen LogP contribution in [-0.2, 0) is 32.3 Å². The number of ether oxygens (including phenoxy) is 1. The smallest absolute Gasteiger partial charge is 0.250 e. The molecule has 3 amide bonds. The normalized spacial score (nSPS) is 16.8. The van der Waals surface area contributed by atoms with Crippen LogP contribution in [0.4, 0.5) is 5.82 Å². The minimum Gasteiger partial charge on any atom is -0.374 e. The highest BCUT2D eigenvalue weighted by Crippen LogP contribution is 2.16. The van der Waals surface area contributed by atoms with E-state index >= 15 is 0 Å². The van der Waals surface area contributed by atoms with Crippen molar-refractivity contribution in [2.24, 2.45) is 11.7 Å². The number of nitrogens with zero attached hydrogens (tertiary/aromatic N) is 3. The monoisotopic (exact) mass is 470 g/mol. The first-order valence-corrected chi connectivity index (χ1v) is 11.4. The summed E-state index contributed by atoms with van der Waals surface area (Å²) in [6.45, 7) is 7.16. The van der Waals surface area contributed by atoms with Crippen molar-refractivity contribution >= 4 is 23.5 Å². The van der Waals surface area contributed by atoms with Gasteiger partial charge in [-0.3, -0.25) is 14.4 Å². The molecule has 10 heteroatoms. The van der Waals surface area contributed by atoms with Gasteiger partial charge in [0.05, 0.1) is 25.1 Å². The zero-order valence-electron chi connectivity index (χ0n) is 20.0. The largest absolute Gasteiger partial charge is 0.374 e. The molecule has 0 aliphatic carbocycles. The van der Waals surface area contributed by atoms with Crippen molar-refractivity contribution in [1.29, 1.82) is 0 Å². The maximum atomic E-state index is 12.9. The third-order valence-corrected chi connectivity index (χ3v) is 5.58. The van der Waals surface area contributed by atoms with Gasteiger partial charge in [-0.2, -0.15) is 0 Å². The molecule has 2 heterocycles. The number of nitrogens with one attached hydrogen (secondary N) is 2. The molecule has 4 N–H and O–H groups in total. The molecule has 34 heavy (non-hydrogen) atoms. The quantitative estimate of drug-likeness (QED) is 0.477. The molecule has 1 aliphatic rings. The summed E-state index contributed by atoms with van der Waals surface area (Å²) in [6.07, 6.45) is 4.09. The lowest BCUT2D eigenvalue weighted by atomic mass is 10.1. The number of amides is 3. The second kappa shape index (κ2) is 11.3. The lowest BCUT2D eigenvalue weighted by Crippen LogP contribution is -2.56. The Morgan fingerprint density at radius 2 is 2.00 bits per heavy atom. The van der Waals surface area contributed by atoms with E-state index in [0.29, 0.717) is 12.5 Å². The van der Waals surface area contributed by atoms with Crippen molar-refractivity contribution < 1.29 is 19.1 Å². The number of rotatable bonds is 10. The van der Waals surface area contributed by atoms with Crippen LogP contribution in [0.1, 0.15) is 32.8 Å². The highest BCUT2D eigenvalue weighted by molar-refractivity contribution is 5.98. The van der Waals surface area contributed by atoms with Gasteiger partial charge >= 0.3 is 0 Å². The summed E-state index contributed by atoms with van der Waals surface area (Å²) in [6, 6.07) is 8.54. The van der Waals surface area contributed by atoms with Gasteiger partial charge in [-0.1, -0.05) is 37.3 Å².